The third-order valence-corrected chi connectivity index (χ3v) is 2.71. The number of carbonyl (C=O) groups excluding carboxylic acids is 1. The highest BCUT2D eigenvalue weighted by Crippen LogP contribution is 2.22. The number of ketones is 1. The zero-order valence-electron chi connectivity index (χ0n) is 11.2. The van der Waals surface area contributed by atoms with E-state index in [9.17, 15) is 4.79 Å². The van der Waals surface area contributed by atoms with Gasteiger partial charge in [0.25, 0.3) is 0 Å². The van der Waals surface area contributed by atoms with E-state index in [2.05, 4.69) is 13.8 Å². The average Bonchev–Trinajstić information content (AvgIpc) is 2.29. The van der Waals surface area contributed by atoms with E-state index in [1.165, 1.54) is 0 Å². The topological polar surface area (TPSA) is 26.3 Å². The van der Waals surface area contributed by atoms with Gasteiger partial charge in [0.05, 0.1) is 12.2 Å². The van der Waals surface area contributed by atoms with Crippen molar-refractivity contribution in [3.8, 4) is 5.75 Å². The number of ether oxygens (including phenoxy) is 1. The van der Waals surface area contributed by atoms with Gasteiger partial charge in [-0.1, -0.05) is 32.4 Å². The van der Waals surface area contributed by atoms with Crippen LogP contribution in [0.2, 0.25) is 0 Å². The Balaban J connectivity index is 2.79. The molecule has 94 valence electrons. The van der Waals surface area contributed by atoms with E-state index in [1.807, 2.05) is 32.0 Å². The maximum atomic E-state index is 11.8. The molecule has 2 heteroatoms. The number of aryl methyl sites for hydroxylation is 1. The molecule has 1 aromatic carbocycles. The molecule has 0 fully saturated rings. The Kier molecular flexibility index (Phi) is 5.20. The van der Waals surface area contributed by atoms with Gasteiger partial charge in [-0.15, -0.1) is 0 Å². The van der Waals surface area contributed by atoms with Gasteiger partial charge in [0.1, 0.15) is 5.75 Å². The Labute approximate surface area is 104 Å². The predicted molar refractivity (Wildman–Crippen MR) is 70.8 cm³/mol. The van der Waals surface area contributed by atoms with E-state index in [-0.39, 0.29) is 5.78 Å². The zero-order chi connectivity index (χ0) is 12.8. The molecular weight excluding hydrogens is 212 g/mol. The minimum atomic E-state index is 0.147. The van der Waals surface area contributed by atoms with E-state index in [4.69, 9.17) is 4.74 Å². The van der Waals surface area contributed by atoms with Gasteiger partial charge in [-0.3, -0.25) is 4.79 Å². The van der Waals surface area contributed by atoms with Crippen molar-refractivity contribution in [2.75, 3.05) is 6.61 Å². The van der Waals surface area contributed by atoms with Crippen molar-refractivity contribution in [3.63, 3.8) is 0 Å². The van der Waals surface area contributed by atoms with Crippen LogP contribution >= 0.6 is 0 Å². The number of rotatable bonds is 6. The summed E-state index contributed by atoms with van der Waals surface area (Å²) in [5, 5.41) is 0. The second-order valence-corrected chi connectivity index (χ2v) is 4.81. The zero-order valence-corrected chi connectivity index (χ0v) is 11.2. The molecule has 1 aromatic rings. The fraction of sp³-hybridized carbons (Fsp3) is 0.533. The Bertz CT molecular complexity index is 381. The van der Waals surface area contributed by atoms with Crippen LogP contribution in [0.4, 0.5) is 0 Å². The summed E-state index contributed by atoms with van der Waals surface area (Å²) in [5.74, 6) is 1.49. The maximum absolute atomic E-state index is 11.8. The molecule has 0 saturated carbocycles. The summed E-state index contributed by atoms with van der Waals surface area (Å²) >= 11 is 0. The van der Waals surface area contributed by atoms with Crippen LogP contribution in [-0.2, 0) is 0 Å². The van der Waals surface area contributed by atoms with Gasteiger partial charge >= 0.3 is 0 Å². The number of hydrogen-bond acceptors (Lipinski definition) is 2. The van der Waals surface area contributed by atoms with Gasteiger partial charge < -0.3 is 4.74 Å². The highest BCUT2D eigenvalue weighted by atomic mass is 16.5. The summed E-state index contributed by atoms with van der Waals surface area (Å²) < 4.78 is 5.71. The van der Waals surface area contributed by atoms with Gasteiger partial charge in [-0.05, 0) is 31.4 Å². The Morgan fingerprint density at radius 1 is 1.35 bits per heavy atom. The van der Waals surface area contributed by atoms with Crippen LogP contribution in [0, 0.1) is 12.8 Å². The Morgan fingerprint density at radius 2 is 2.06 bits per heavy atom. The highest BCUT2D eigenvalue weighted by molar-refractivity contribution is 5.98. The van der Waals surface area contributed by atoms with Gasteiger partial charge in [-0.2, -0.15) is 0 Å². The van der Waals surface area contributed by atoms with Crippen LogP contribution in [0.15, 0.2) is 18.2 Å². The molecule has 17 heavy (non-hydrogen) atoms. The smallest absolute Gasteiger partial charge is 0.166 e. The standard InChI is InChI=1S/C15H22O2/c1-5-14(16)13-10-12(4)6-7-15(13)17-9-8-11(2)3/h6-7,10-11H,5,8-9H2,1-4H3. The van der Waals surface area contributed by atoms with Crippen molar-refractivity contribution in [3.05, 3.63) is 29.3 Å². The van der Waals surface area contributed by atoms with Gasteiger partial charge in [0, 0.05) is 6.42 Å². The second kappa shape index (κ2) is 6.43. The molecule has 0 aliphatic heterocycles. The van der Waals surface area contributed by atoms with E-state index in [0.29, 0.717) is 18.9 Å². The molecule has 0 unspecified atom stereocenters. The quantitative estimate of drug-likeness (QED) is 0.695. The molecule has 0 amide bonds. The molecular formula is C15H22O2. The first-order valence-corrected chi connectivity index (χ1v) is 6.31. The first-order chi connectivity index (χ1) is 8.04. The molecule has 0 atom stereocenters. The van der Waals surface area contributed by atoms with E-state index >= 15 is 0 Å². The lowest BCUT2D eigenvalue weighted by Crippen LogP contribution is -2.06. The molecule has 0 aliphatic carbocycles. The predicted octanol–water partition coefficient (Wildman–Crippen LogP) is 4.01. The van der Waals surface area contributed by atoms with Gasteiger partial charge in [0.2, 0.25) is 0 Å². The molecule has 0 aliphatic rings. The molecule has 1 rings (SSSR count). The van der Waals surface area contributed by atoms with Crippen molar-refractivity contribution < 1.29 is 9.53 Å². The Hall–Kier alpha value is -1.31. The normalized spacial score (nSPS) is 10.6. The van der Waals surface area contributed by atoms with Crippen LogP contribution < -0.4 is 4.74 Å². The first kappa shape index (κ1) is 13.8. The van der Waals surface area contributed by atoms with Crippen molar-refractivity contribution in [2.45, 2.75) is 40.5 Å². The minimum absolute atomic E-state index is 0.147. The lowest BCUT2D eigenvalue weighted by molar-refractivity contribution is 0.0984. The number of carbonyl (C=O) groups is 1. The molecule has 0 saturated heterocycles. The summed E-state index contributed by atoms with van der Waals surface area (Å²) in [6.07, 6.45) is 1.53. The van der Waals surface area contributed by atoms with Gasteiger partial charge in [0.15, 0.2) is 5.78 Å². The molecule has 0 bridgehead atoms. The van der Waals surface area contributed by atoms with Gasteiger partial charge in [-0.25, -0.2) is 0 Å². The fourth-order valence-corrected chi connectivity index (χ4v) is 1.58. The molecule has 0 radical (unpaired) electrons. The van der Waals surface area contributed by atoms with E-state index < -0.39 is 0 Å². The highest BCUT2D eigenvalue weighted by Gasteiger charge is 2.11. The molecule has 0 aromatic heterocycles. The third kappa shape index (κ3) is 4.22. The van der Waals surface area contributed by atoms with Crippen LogP contribution in [0.5, 0.6) is 5.75 Å². The van der Waals surface area contributed by atoms with Crippen molar-refractivity contribution >= 4 is 5.78 Å². The van der Waals surface area contributed by atoms with E-state index in [1.54, 1.807) is 0 Å². The first-order valence-electron chi connectivity index (χ1n) is 6.31. The molecule has 0 spiro atoms. The van der Waals surface area contributed by atoms with Crippen molar-refractivity contribution in [1.29, 1.82) is 0 Å². The fourth-order valence-electron chi connectivity index (χ4n) is 1.58. The summed E-state index contributed by atoms with van der Waals surface area (Å²) in [4.78, 5) is 11.8. The van der Waals surface area contributed by atoms with Crippen LogP contribution in [0.3, 0.4) is 0 Å². The monoisotopic (exact) mass is 234 g/mol. The SMILES string of the molecule is CCC(=O)c1cc(C)ccc1OCCC(C)C. The summed E-state index contributed by atoms with van der Waals surface area (Å²) in [5.41, 5.74) is 1.81. The van der Waals surface area contributed by atoms with Crippen LogP contribution in [-0.4, -0.2) is 12.4 Å². The molecule has 0 N–H and O–H groups in total. The number of hydrogen-bond donors (Lipinski definition) is 0. The summed E-state index contributed by atoms with van der Waals surface area (Å²) in [6, 6.07) is 5.80. The number of Topliss-reactive ketones (excluding diaryl/α,β-unsaturated/α-hetero) is 1. The lowest BCUT2D eigenvalue weighted by Gasteiger charge is -2.12. The van der Waals surface area contributed by atoms with Crippen LogP contribution in [0.25, 0.3) is 0 Å². The molecule has 2 nitrogen and oxygen atoms in total. The largest absolute Gasteiger partial charge is 0.493 e. The maximum Gasteiger partial charge on any atom is 0.166 e. The Morgan fingerprint density at radius 3 is 2.65 bits per heavy atom. The second-order valence-electron chi connectivity index (χ2n) is 4.81. The molecule has 0 heterocycles. The van der Waals surface area contributed by atoms with Crippen molar-refractivity contribution in [1.82, 2.24) is 0 Å². The lowest BCUT2D eigenvalue weighted by atomic mass is 10.0. The summed E-state index contributed by atoms with van der Waals surface area (Å²) in [7, 11) is 0. The minimum Gasteiger partial charge on any atom is -0.493 e. The van der Waals surface area contributed by atoms with Crippen molar-refractivity contribution in [2.24, 2.45) is 5.92 Å². The van der Waals surface area contributed by atoms with E-state index in [0.717, 1.165) is 23.3 Å². The summed E-state index contributed by atoms with van der Waals surface area (Å²) in [6.45, 7) is 8.87. The average molecular weight is 234 g/mol. The van der Waals surface area contributed by atoms with Crippen LogP contribution in [0.1, 0.15) is 49.5 Å². The third-order valence-electron chi connectivity index (χ3n) is 2.71. The number of benzene rings is 1.